The number of rotatable bonds is 4. The number of para-hydroxylation sites is 1. The molecule has 0 bridgehead atoms. The largest absolute Gasteiger partial charge is 2.00 e. The van der Waals surface area contributed by atoms with Gasteiger partial charge in [-0.3, -0.25) is 4.98 Å². The van der Waals surface area contributed by atoms with Gasteiger partial charge < -0.3 is 13.9 Å². The molecule has 194 valence electrons. The molecule has 0 aliphatic rings. The van der Waals surface area contributed by atoms with E-state index in [2.05, 4.69) is 54.6 Å². The predicted molar refractivity (Wildman–Crippen MR) is 148 cm³/mol. The Hall–Kier alpha value is -4.20. The normalized spacial score (nSPS) is 11.4. The standard InChI is InChI=1S/C32H25N5O.Pt/c1-32(2,3)23-12-13-34-29(18-23)37-27-11-6-5-10-26(27)30-22(20-33)17-25(19-28(30)37)38-24-9-7-8-21(16-24)31-35-14-15-36(31)4;/h5-15,17-18H,1-4H3;/q-2;+2. The molecule has 7 heteroatoms. The van der Waals surface area contributed by atoms with E-state index in [-0.39, 0.29) is 26.5 Å². The molecule has 0 aliphatic heterocycles. The summed E-state index contributed by atoms with van der Waals surface area (Å²) in [6.45, 7) is 6.54. The number of imidazole rings is 1. The fraction of sp³-hybridized carbons (Fsp3) is 0.156. The topological polar surface area (TPSA) is 68.7 Å². The summed E-state index contributed by atoms with van der Waals surface area (Å²) in [7, 11) is 1.94. The number of aromatic nitrogens is 4. The third kappa shape index (κ3) is 4.75. The second-order valence-electron chi connectivity index (χ2n) is 10.3. The molecule has 0 radical (unpaired) electrons. The Labute approximate surface area is 241 Å². The van der Waals surface area contributed by atoms with E-state index in [0.29, 0.717) is 17.1 Å². The van der Waals surface area contributed by atoms with Crippen LogP contribution in [0.4, 0.5) is 0 Å². The first-order chi connectivity index (χ1) is 18.3. The van der Waals surface area contributed by atoms with Crippen molar-refractivity contribution in [2.24, 2.45) is 7.05 Å². The number of hydrogen-bond donors (Lipinski definition) is 0. The molecule has 3 heterocycles. The summed E-state index contributed by atoms with van der Waals surface area (Å²) in [4.78, 5) is 9.13. The molecule has 39 heavy (non-hydrogen) atoms. The summed E-state index contributed by atoms with van der Waals surface area (Å²) >= 11 is 0. The van der Waals surface area contributed by atoms with Crippen molar-refractivity contribution in [3.8, 4) is 34.8 Å². The maximum Gasteiger partial charge on any atom is 2.00 e. The maximum atomic E-state index is 10.2. The van der Waals surface area contributed by atoms with Gasteiger partial charge in [0.05, 0.1) is 11.9 Å². The maximum absolute atomic E-state index is 10.2. The monoisotopic (exact) mass is 690 g/mol. The van der Waals surface area contributed by atoms with Gasteiger partial charge in [0.1, 0.15) is 5.82 Å². The van der Waals surface area contributed by atoms with Crippen LogP contribution in [0.3, 0.4) is 0 Å². The molecule has 6 nitrogen and oxygen atoms in total. The minimum Gasteiger partial charge on any atom is -0.503 e. The van der Waals surface area contributed by atoms with Gasteiger partial charge in [-0.15, -0.1) is 35.9 Å². The van der Waals surface area contributed by atoms with Crippen molar-refractivity contribution in [1.82, 2.24) is 19.1 Å². The molecule has 6 aromatic rings. The number of aryl methyl sites for hydroxylation is 1. The molecule has 6 rings (SSSR count). The van der Waals surface area contributed by atoms with Crippen LogP contribution in [0.1, 0.15) is 31.9 Å². The van der Waals surface area contributed by atoms with Crippen LogP contribution in [-0.4, -0.2) is 19.1 Å². The minimum absolute atomic E-state index is 0. The van der Waals surface area contributed by atoms with E-state index in [0.717, 1.165) is 39.0 Å². The Balaban J connectivity index is 0.00000308. The number of fused-ring (bicyclic) bond motifs is 3. The Morgan fingerprint density at radius 2 is 1.74 bits per heavy atom. The Morgan fingerprint density at radius 3 is 2.49 bits per heavy atom. The molecular weight excluding hydrogens is 665 g/mol. The summed E-state index contributed by atoms with van der Waals surface area (Å²) in [5.74, 6) is 2.50. The first-order valence-electron chi connectivity index (χ1n) is 12.4. The van der Waals surface area contributed by atoms with Crippen LogP contribution in [0.25, 0.3) is 39.0 Å². The van der Waals surface area contributed by atoms with Crippen molar-refractivity contribution < 1.29 is 25.8 Å². The van der Waals surface area contributed by atoms with E-state index in [1.165, 1.54) is 5.56 Å². The first-order valence-corrected chi connectivity index (χ1v) is 12.4. The van der Waals surface area contributed by atoms with Crippen LogP contribution >= 0.6 is 0 Å². The third-order valence-electron chi connectivity index (χ3n) is 6.67. The Morgan fingerprint density at radius 1 is 0.923 bits per heavy atom. The second-order valence-corrected chi connectivity index (χ2v) is 10.3. The molecule has 0 aliphatic carbocycles. The SMILES string of the molecule is Cn1ccnc1-c1[c-]c(Oc2[c-]c3c(c(C#N)c2)c2ccccc2n3-c2cc(C(C)(C)C)ccn2)ccc1.[Pt+2]. The van der Waals surface area contributed by atoms with E-state index in [1.807, 2.05) is 72.5 Å². The van der Waals surface area contributed by atoms with Crippen molar-refractivity contribution in [2.45, 2.75) is 26.2 Å². The third-order valence-corrected chi connectivity index (χ3v) is 6.67. The molecule has 0 fully saturated rings. The molecule has 3 aromatic carbocycles. The number of nitrogens with zero attached hydrogens (tertiary/aromatic N) is 5. The van der Waals surface area contributed by atoms with E-state index >= 15 is 0 Å². The predicted octanol–water partition coefficient (Wildman–Crippen LogP) is 7.14. The van der Waals surface area contributed by atoms with Crippen LogP contribution in [-0.2, 0) is 33.5 Å². The van der Waals surface area contributed by atoms with Crippen molar-refractivity contribution >= 4 is 21.8 Å². The second kappa shape index (κ2) is 10.2. The van der Waals surface area contributed by atoms with Crippen LogP contribution in [0.2, 0.25) is 0 Å². The average molecular weight is 691 g/mol. The van der Waals surface area contributed by atoms with Crippen LogP contribution in [0, 0.1) is 23.5 Å². The van der Waals surface area contributed by atoms with Crippen molar-refractivity contribution in [3.05, 3.63) is 103 Å². The smallest absolute Gasteiger partial charge is 0.503 e. The zero-order chi connectivity index (χ0) is 26.4. The van der Waals surface area contributed by atoms with Gasteiger partial charge in [0.15, 0.2) is 0 Å². The van der Waals surface area contributed by atoms with Crippen LogP contribution in [0.15, 0.2) is 79.3 Å². The fourth-order valence-electron chi connectivity index (χ4n) is 4.76. The van der Waals surface area contributed by atoms with E-state index in [4.69, 9.17) is 9.72 Å². The minimum atomic E-state index is -0.0414. The van der Waals surface area contributed by atoms with Gasteiger partial charge in [-0.2, -0.15) is 5.26 Å². The van der Waals surface area contributed by atoms with E-state index in [1.54, 1.807) is 12.3 Å². The van der Waals surface area contributed by atoms with E-state index < -0.39 is 0 Å². The molecule has 0 unspecified atom stereocenters. The molecule has 0 atom stereocenters. The van der Waals surface area contributed by atoms with Gasteiger partial charge in [0, 0.05) is 42.7 Å². The van der Waals surface area contributed by atoms with Crippen molar-refractivity contribution in [3.63, 3.8) is 0 Å². The fourth-order valence-corrected chi connectivity index (χ4v) is 4.76. The number of hydrogen-bond acceptors (Lipinski definition) is 4. The molecule has 0 amide bonds. The zero-order valence-corrected chi connectivity index (χ0v) is 24.2. The Kier molecular flexibility index (Phi) is 6.88. The summed E-state index contributed by atoms with van der Waals surface area (Å²) in [5.41, 5.74) is 4.14. The number of benzene rings is 3. The van der Waals surface area contributed by atoms with Gasteiger partial charge in [-0.1, -0.05) is 55.9 Å². The van der Waals surface area contributed by atoms with Gasteiger partial charge >= 0.3 is 21.1 Å². The summed E-state index contributed by atoms with van der Waals surface area (Å²) in [5, 5.41) is 11.9. The Bertz CT molecular complexity index is 1870. The number of nitriles is 1. The average Bonchev–Trinajstić information content (AvgIpc) is 3.49. The molecular formula is C32H25N5OPt. The van der Waals surface area contributed by atoms with Gasteiger partial charge in [0.2, 0.25) is 0 Å². The molecule has 0 saturated carbocycles. The van der Waals surface area contributed by atoms with Gasteiger partial charge in [-0.05, 0) is 40.1 Å². The van der Waals surface area contributed by atoms with Crippen molar-refractivity contribution in [2.75, 3.05) is 0 Å². The van der Waals surface area contributed by atoms with Crippen LogP contribution < -0.4 is 4.74 Å². The number of pyridine rings is 1. The summed E-state index contributed by atoms with van der Waals surface area (Å²) in [6.07, 6.45) is 5.47. The number of ether oxygens (including phenoxy) is 1. The van der Waals surface area contributed by atoms with Gasteiger partial charge in [-0.25, -0.2) is 4.98 Å². The first kappa shape index (κ1) is 26.4. The molecule has 0 saturated heterocycles. The van der Waals surface area contributed by atoms with E-state index in [9.17, 15) is 5.26 Å². The molecule has 0 spiro atoms. The quantitative estimate of drug-likeness (QED) is 0.185. The van der Waals surface area contributed by atoms with Gasteiger partial charge in [0.25, 0.3) is 0 Å². The van der Waals surface area contributed by atoms with Crippen LogP contribution in [0.5, 0.6) is 11.5 Å². The molecule has 3 aromatic heterocycles. The van der Waals surface area contributed by atoms with Crippen molar-refractivity contribution in [1.29, 1.82) is 5.26 Å². The summed E-state index contributed by atoms with van der Waals surface area (Å²) < 4.78 is 10.2. The zero-order valence-electron chi connectivity index (χ0n) is 22.0. The summed E-state index contributed by atoms with van der Waals surface area (Å²) in [6, 6.07) is 28.7. The molecule has 0 N–H and O–H groups in total.